The van der Waals surface area contributed by atoms with Gasteiger partial charge in [-0.2, -0.15) is 0 Å². The van der Waals surface area contributed by atoms with Crippen LogP contribution in [0.4, 0.5) is 0 Å². The van der Waals surface area contributed by atoms with Gasteiger partial charge in [0.05, 0.1) is 13.2 Å². The van der Waals surface area contributed by atoms with E-state index in [9.17, 15) is 4.79 Å². The number of rotatable bonds is 5. The lowest BCUT2D eigenvalue weighted by Gasteiger charge is -2.18. The maximum atomic E-state index is 12.3. The van der Waals surface area contributed by atoms with Crippen LogP contribution in [0.25, 0.3) is 0 Å². The molecule has 2 aromatic rings. The molecule has 0 fully saturated rings. The van der Waals surface area contributed by atoms with E-state index in [4.69, 9.17) is 10.5 Å². The Bertz CT molecular complexity index is 651. The van der Waals surface area contributed by atoms with E-state index in [2.05, 4.69) is 5.32 Å². The zero-order valence-corrected chi connectivity index (χ0v) is 13.2. The van der Waals surface area contributed by atoms with Crippen molar-refractivity contribution in [1.29, 1.82) is 0 Å². The van der Waals surface area contributed by atoms with Gasteiger partial charge in [0.25, 0.3) is 5.91 Å². The zero-order valence-electron chi connectivity index (χ0n) is 13.2. The number of nitrogens with one attached hydrogen (secondary N) is 1. The monoisotopic (exact) mass is 298 g/mol. The van der Waals surface area contributed by atoms with Gasteiger partial charge in [-0.05, 0) is 37.6 Å². The predicted molar refractivity (Wildman–Crippen MR) is 87.9 cm³/mol. The average molecular weight is 298 g/mol. The first-order valence-electron chi connectivity index (χ1n) is 7.29. The summed E-state index contributed by atoms with van der Waals surface area (Å²) in [5, 5.41) is 3.00. The van der Waals surface area contributed by atoms with Crippen LogP contribution in [0.1, 0.15) is 40.0 Å². The van der Waals surface area contributed by atoms with Crippen LogP contribution in [0.2, 0.25) is 0 Å². The second kappa shape index (κ2) is 7.09. The highest BCUT2D eigenvalue weighted by Crippen LogP contribution is 2.26. The van der Waals surface area contributed by atoms with Gasteiger partial charge in [0.1, 0.15) is 5.75 Å². The fourth-order valence-corrected chi connectivity index (χ4v) is 2.34. The number of benzene rings is 2. The molecule has 116 valence electrons. The average Bonchev–Trinajstić information content (AvgIpc) is 2.54. The third kappa shape index (κ3) is 3.65. The third-order valence-corrected chi connectivity index (χ3v) is 3.65. The summed E-state index contributed by atoms with van der Waals surface area (Å²) in [6, 6.07) is 13.1. The second-order valence-corrected chi connectivity index (χ2v) is 5.34. The van der Waals surface area contributed by atoms with Crippen LogP contribution in [-0.2, 0) is 6.54 Å². The van der Waals surface area contributed by atoms with Crippen LogP contribution in [0.3, 0.4) is 0 Å². The van der Waals surface area contributed by atoms with E-state index < -0.39 is 0 Å². The normalized spacial score (nSPS) is 11.8. The quantitative estimate of drug-likeness (QED) is 0.892. The van der Waals surface area contributed by atoms with Crippen LogP contribution < -0.4 is 15.8 Å². The number of hydrogen-bond donors (Lipinski definition) is 2. The lowest BCUT2D eigenvalue weighted by atomic mass is 10.0. The van der Waals surface area contributed by atoms with Gasteiger partial charge in [-0.3, -0.25) is 4.79 Å². The Kier molecular flexibility index (Phi) is 5.17. The minimum absolute atomic E-state index is 0.111. The van der Waals surface area contributed by atoms with Crippen molar-refractivity contribution in [2.45, 2.75) is 26.4 Å². The lowest BCUT2D eigenvalue weighted by molar-refractivity contribution is 0.0939. The van der Waals surface area contributed by atoms with Gasteiger partial charge in [-0.25, -0.2) is 0 Å². The van der Waals surface area contributed by atoms with Crippen LogP contribution in [-0.4, -0.2) is 13.0 Å². The standard InChI is InChI=1S/C18H22N2O2/c1-12-4-9-17(22-3)16(10-12)13(2)20-18(21)15-7-5-14(11-19)6-8-15/h4-10,13H,11,19H2,1-3H3,(H,20,21). The molecule has 0 aliphatic heterocycles. The highest BCUT2D eigenvalue weighted by molar-refractivity contribution is 5.94. The first-order chi connectivity index (χ1) is 10.5. The van der Waals surface area contributed by atoms with Crippen LogP contribution >= 0.6 is 0 Å². The molecule has 0 aliphatic carbocycles. The van der Waals surface area contributed by atoms with E-state index in [1.54, 1.807) is 19.2 Å². The van der Waals surface area contributed by atoms with E-state index in [0.29, 0.717) is 12.1 Å². The molecule has 0 saturated carbocycles. The summed E-state index contributed by atoms with van der Waals surface area (Å²) in [7, 11) is 1.63. The smallest absolute Gasteiger partial charge is 0.251 e. The number of carbonyl (C=O) groups excluding carboxylic acids is 1. The molecule has 2 rings (SSSR count). The van der Waals surface area contributed by atoms with E-state index in [1.165, 1.54) is 0 Å². The van der Waals surface area contributed by atoms with Gasteiger partial charge in [-0.15, -0.1) is 0 Å². The SMILES string of the molecule is COc1ccc(C)cc1C(C)NC(=O)c1ccc(CN)cc1. The molecule has 22 heavy (non-hydrogen) atoms. The Balaban J connectivity index is 2.15. The summed E-state index contributed by atoms with van der Waals surface area (Å²) in [4.78, 5) is 12.3. The van der Waals surface area contributed by atoms with Crippen molar-refractivity contribution < 1.29 is 9.53 Å². The molecule has 3 N–H and O–H groups in total. The molecule has 0 radical (unpaired) electrons. The fraction of sp³-hybridized carbons (Fsp3) is 0.278. The summed E-state index contributed by atoms with van der Waals surface area (Å²) >= 11 is 0. The van der Waals surface area contributed by atoms with E-state index in [-0.39, 0.29) is 11.9 Å². The number of methoxy groups -OCH3 is 1. The van der Waals surface area contributed by atoms with Crippen molar-refractivity contribution in [3.8, 4) is 5.75 Å². The minimum Gasteiger partial charge on any atom is -0.496 e. The molecule has 1 unspecified atom stereocenters. The Morgan fingerprint density at radius 3 is 2.50 bits per heavy atom. The molecule has 0 saturated heterocycles. The van der Waals surface area contributed by atoms with Crippen LogP contribution in [0.5, 0.6) is 5.75 Å². The number of aryl methyl sites for hydroxylation is 1. The minimum atomic E-state index is -0.142. The van der Waals surface area contributed by atoms with Crippen molar-refractivity contribution in [2.75, 3.05) is 7.11 Å². The maximum absolute atomic E-state index is 12.3. The van der Waals surface area contributed by atoms with Crippen molar-refractivity contribution in [3.63, 3.8) is 0 Å². The first-order valence-corrected chi connectivity index (χ1v) is 7.29. The number of carbonyl (C=O) groups is 1. The predicted octanol–water partition coefficient (Wildman–Crippen LogP) is 2.95. The van der Waals surface area contributed by atoms with E-state index in [1.807, 2.05) is 44.2 Å². The van der Waals surface area contributed by atoms with Crippen molar-refractivity contribution in [3.05, 3.63) is 64.7 Å². The highest BCUT2D eigenvalue weighted by atomic mass is 16.5. The molecule has 0 bridgehead atoms. The zero-order chi connectivity index (χ0) is 16.1. The van der Waals surface area contributed by atoms with E-state index >= 15 is 0 Å². The van der Waals surface area contributed by atoms with Gasteiger partial charge in [0, 0.05) is 17.7 Å². The molecule has 2 aromatic carbocycles. The molecule has 4 nitrogen and oxygen atoms in total. The largest absolute Gasteiger partial charge is 0.496 e. The number of ether oxygens (including phenoxy) is 1. The molecule has 0 spiro atoms. The van der Waals surface area contributed by atoms with Crippen molar-refractivity contribution in [2.24, 2.45) is 5.73 Å². The number of nitrogens with two attached hydrogens (primary N) is 1. The van der Waals surface area contributed by atoms with Gasteiger partial charge < -0.3 is 15.8 Å². The first kappa shape index (κ1) is 16.0. The van der Waals surface area contributed by atoms with Crippen molar-refractivity contribution in [1.82, 2.24) is 5.32 Å². The lowest BCUT2D eigenvalue weighted by Crippen LogP contribution is -2.27. The molecule has 0 heterocycles. The van der Waals surface area contributed by atoms with Gasteiger partial charge in [0.2, 0.25) is 0 Å². The Morgan fingerprint density at radius 2 is 1.91 bits per heavy atom. The molecule has 0 aliphatic rings. The highest BCUT2D eigenvalue weighted by Gasteiger charge is 2.15. The summed E-state index contributed by atoms with van der Waals surface area (Å²) in [5.74, 6) is 0.663. The van der Waals surface area contributed by atoms with Crippen LogP contribution in [0.15, 0.2) is 42.5 Å². The molecule has 1 atom stereocenters. The summed E-state index contributed by atoms with van der Waals surface area (Å²) in [6.07, 6.45) is 0. The number of hydrogen-bond acceptors (Lipinski definition) is 3. The molecule has 1 amide bonds. The topological polar surface area (TPSA) is 64.3 Å². The van der Waals surface area contributed by atoms with Crippen LogP contribution in [0, 0.1) is 6.92 Å². The molecule has 0 aromatic heterocycles. The Morgan fingerprint density at radius 1 is 1.23 bits per heavy atom. The third-order valence-electron chi connectivity index (χ3n) is 3.65. The Labute approximate surface area is 131 Å². The Hall–Kier alpha value is -2.33. The number of amides is 1. The van der Waals surface area contributed by atoms with Crippen molar-refractivity contribution >= 4 is 5.91 Å². The molecular weight excluding hydrogens is 276 g/mol. The van der Waals surface area contributed by atoms with Gasteiger partial charge >= 0.3 is 0 Å². The fourth-order valence-electron chi connectivity index (χ4n) is 2.34. The van der Waals surface area contributed by atoms with E-state index in [0.717, 1.165) is 22.4 Å². The summed E-state index contributed by atoms with van der Waals surface area (Å²) in [5.41, 5.74) is 9.29. The van der Waals surface area contributed by atoms with Gasteiger partial charge in [-0.1, -0.05) is 29.8 Å². The summed E-state index contributed by atoms with van der Waals surface area (Å²) in [6.45, 7) is 4.44. The molecule has 4 heteroatoms. The second-order valence-electron chi connectivity index (χ2n) is 5.34. The van der Waals surface area contributed by atoms with Gasteiger partial charge in [0.15, 0.2) is 0 Å². The summed E-state index contributed by atoms with van der Waals surface area (Å²) < 4.78 is 5.37. The maximum Gasteiger partial charge on any atom is 0.251 e. The molecular formula is C18H22N2O2.